The number of anilines is 2. The van der Waals surface area contributed by atoms with Gasteiger partial charge in [-0.25, -0.2) is 9.97 Å². The molecule has 6 nitrogen and oxygen atoms in total. The number of hydrogen-bond donors (Lipinski definition) is 1. The van der Waals surface area contributed by atoms with Crippen LogP contribution >= 0.6 is 0 Å². The van der Waals surface area contributed by atoms with E-state index >= 15 is 0 Å². The predicted molar refractivity (Wildman–Crippen MR) is 88.1 cm³/mol. The summed E-state index contributed by atoms with van der Waals surface area (Å²) in [5.74, 6) is 1.37. The van der Waals surface area contributed by atoms with Crippen molar-refractivity contribution < 1.29 is 4.74 Å². The van der Waals surface area contributed by atoms with E-state index in [2.05, 4.69) is 25.5 Å². The van der Waals surface area contributed by atoms with Crippen molar-refractivity contribution in [2.75, 3.05) is 5.32 Å². The normalized spacial score (nSPS) is 10.4. The number of aromatic nitrogens is 4. The summed E-state index contributed by atoms with van der Waals surface area (Å²) in [4.78, 5) is 8.52. The van der Waals surface area contributed by atoms with Crippen LogP contribution in [0, 0.1) is 20.8 Å². The fourth-order valence-electron chi connectivity index (χ4n) is 2.06. The number of ether oxygens (including phenoxy) is 1. The van der Waals surface area contributed by atoms with Gasteiger partial charge in [0.15, 0.2) is 5.82 Å². The molecule has 1 N–H and O–H groups in total. The van der Waals surface area contributed by atoms with Crippen molar-refractivity contribution in [2.24, 2.45) is 0 Å². The predicted octanol–water partition coefficient (Wildman–Crippen LogP) is 3.73. The smallest absolute Gasteiger partial charge is 0.322 e. The Balaban J connectivity index is 1.70. The maximum Gasteiger partial charge on any atom is 0.322 e. The quantitative estimate of drug-likeness (QED) is 0.792. The van der Waals surface area contributed by atoms with Crippen LogP contribution in [0.25, 0.3) is 0 Å². The van der Waals surface area contributed by atoms with E-state index in [-0.39, 0.29) is 0 Å². The van der Waals surface area contributed by atoms with Crippen molar-refractivity contribution in [2.45, 2.75) is 20.8 Å². The Kier molecular flexibility index (Phi) is 4.14. The van der Waals surface area contributed by atoms with Gasteiger partial charge in [-0.2, -0.15) is 5.10 Å². The summed E-state index contributed by atoms with van der Waals surface area (Å²) in [6.45, 7) is 5.73. The van der Waals surface area contributed by atoms with Crippen molar-refractivity contribution in [1.29, 1.82) is 0 Å². The maximum absolute atomic E-state index is 5.68. The summed E-state index contributed by atoms with van der Waals surface area (Å²) < 4.78 is 5.68. The standard InChI is InChI=1S/C17H17N5O/c1-11-4-9-16(22-21-11)20-14-5-7-15(8-6-14)23-17-18-12(2)10-13(3)19-17/h4-10H,1-3H3,(H,20,22). The highest BCUT2D eigenvalue weighted by Gasteiger charge is 2.03. The number of nitrogens with one attached hydrogen (secondary N) is 1. The highest BCUT2D eigenvalue weighted by molar-refractivity contribution is 5.56. The minimum atomic E-state index is 0.354. The average molecular weight is 307 g/mol. The fourth-order valence-corrected chi connectivity index (χ4v) is 2.06. The lowest BCUT2D eigenvalue weighted by Crippen LogP contribution is -1.97. The zero-order valence-corrected chi connectivity index (χ0v) is 13.2. The number of hydrogen-bond acceptors (Lipinski definition) is 6. The van der Waals surface area contributed by atoms with E-state index in [0.29, 0.717) is 17.6 Å². The van der Waals surface area contributed by atoms with Gasteiger partial charge in [0.1, 0.15) is 5.75 Å². The van der Waals surface area contributed by atoms with Gasteiger partial charge in [0.2, 0.25) is 0 Å². The van der Waals surface area contributed by atoms with Gasteiger partial charge in [-0.3, -0.25) is 0 Å². The molecular weight excluding hydrogens is 290 g/mol. The minimum absolute atomic E-state index is 0.354. The van der Waals surface area contributed by atoms with Crippen LogP contribution in [-0.4, -0.2) is 20.2 Å². The molecule has 6 heteroatoms. The Labute approximate surface area is 134 Å². The van der Waals surface area contributed by atoms with E-state index < -0.39 is 0 Å². The molecule has 0 saturated heterocycles. The Hall–Kier alpha value is -3.02. The maximum atomic E-state index is 5.68. The largest absolute Gasteiger partial charge is 0.424 e. The molecule has 0 saturated carbocycles. The van der Waals surface area contributed by atoms with Crippen LogP contribution in [0.3, 0.4) is 0 Å². The molecule has 0 unspecified atom stereocenters. The Morgan fingerprint density at radius 1 is 0.783 bits per heavy atom. The van der Waals surface area contributed by atoms with Crippen molar-refractivity contribution in [3.05, 3.63) is 59.5 Å². The molecule has 0 bridgehead atoms. The van der Waals surface area contributed by atoms with Crippen LogP contribution in [0.4, 0.5) is 11.5 Å². The topological polar surface area (TPSA) is 72.8 Å². The molecule has 0 atom stereocenters. The molecule has 23 heavy (non-hydrogen) atoms. The summed E-state index contributed by atoms with van der Waals surface area (Å²) in [7, 11) is 0. The Morgan fingerprint density at radius 2 is 1.48 bits per heavy atom. The first-order chi connectivity index (χ1) is 11.1. The molecule has 0 aliphatic carbocycles. The van der Waals surface area contributed by atoms with Gasteiger partial charge in [-0.15, -0.1) is 5.10 Å². The van der Waals surface area contributed by atoms with E-state index in [1.807, 2.05) is 63.2 Å². The number of aryl methyl sites for hydroxylation is 3. The molecule has 0 fully saturated rings. The molecule has 0 amide bonds. The zero-order chi connectivity index (χ0) is 16.2. The average Bonchev–Trinajstić information content (AvgIpc) is 2.50. The third-order valence-electron chi connectivity index (χ3n) is 3.10. The SMILES string of the molecule is Cc1ccc(Nc2ccc(Oc3nc(C)cc(C)n3)cc2)nn1. The van der Waals surface area contributed by atoms with Crippen LogP contribution < -0.4 is 10.1 Å². The van der Waals surface area contributed by atoms with E-state index in [0.717, 1.165) is 22.8 Å². The molecule has 116 valence electrons. The summed E-state index contributed by atoms with van der Waals surface area (Å²) in [5.41, 5.74) is 3.54. The van der Waals surface area contributed by atoms with Gasteiger partial charge in [0, 0.05) is 17.1 Å². The number of nitrogens with zero attached hydrogens (tertiary/aromatic N) is 4. The van der Waals surface area contributed by atoms with Gasteiger partial charge < -0.3 is 10.1 Å². The molecule has 3 aromatic rings. The lowest BCUT2D eigenvalue weighted by Gasteiger charge is -2.08. The summed E-state index contributed by atoms with van der Waals surface area (Å²) in [6.07, 6.45) is 0. The van der Waals surface area contributed by atoms with Crippen LogP contribution in [0.5, 0.6) is 11.8 Å². The number of benzene rings is 1. The molecule has 0 aliphatic rings. The van der Waals surface area contributed by atoms with Gasteiger partial charge in [-0.05, 0) is 63.2 Å². The second kappa shape index (κ2) is 6.39. The van der Waals surface area contributed by atoms with Crippen LogP contribution in [0.15, 0.2) is 42.5 Å². The first-order valence-corrected chi connectivity index (χ1v) is 7.26. The lowest BCUT2D eigenvalue weighted by molar-refractivity contribution is 0.439. The number of rotatable bonds is 4. The van der Waals surface area contributed by atoms with Crippen molar-refractivity contribution >= 4 is 11.5 Å². The van der Waals surface area contributed by atoms with Gasteiger partial charge in [-0.1, -0.05) is 0 Å². The summed E-state index contributed by atoms with van der Waals surface area (Å²) >= 11 is 0. The third-order valence-corrected chi connectivity index (χ3v) is 3.10. The molecule has 2 heterocycles. The van der Waals surface area contributed by atoms with E-state index in [9.17, 15) is 0 Å². The molecule has 1 aromatic carbocycles. The van der Waals surface area contributed by atoms with Gasteiger partial charge in [0.25, 0.3) is 0 Å². The lowest BCUT2D eigenvalue weighted by atomic mass is 10.3. The summed E-state index contributed by atoms with van der Waals surface area (Å²) in [5, 5.41) is 11.3. The van der Waals surface area contributed by atoms with Crippen molar-refractivity contribution in [3.8, 4) is 11.8 Å². The third kappa shape index (κ3) is 4.00. The van der Waals surface area contributed by atoms with Gasteiger partial charge in [0.05, 0.1) is 5.69 Å². The van der Waals surface area contributed by atoms with E-state index in [4.69, 9.17) is 4.74 Å². The summed E-state index contributed by atoms with van der Waals surface area (Å²) in [6, 6.07) is 13.6. The molecule has 0 radical (unpaired) electrons. The van der Waals surface area contributed by atoms with Crippen LogP contribution in [0.1, 0.15) is 17.1 Å². The Morgan fingerprint density at radius 3 is 2.09 bits per heavy atom. The zero-order valence-electron chi connectivity index (χ0n) is 13.2. The van der Waals surface area contributed by atoms with E-state index in [1.165, 1.54) is 0 Å². The first kappa shape index (κ1) is 14.9. The second-order valence-corrected chi connectivity index (χ2v) is 5.24. The molecular formula is C17H17N5O. The Bertz CT molecular complexity index is 780. The van der Waals surface area contributed by atoms with Crippen molar-refractivity contribution in [1.82, 2.24) is 20.2 Å². The highest BCUT2D eigenvalue weighted by Crippen LogP contribution is 2.22. The second-order valence-electron chi connectivity index (χ2n) is 5.24. The van der Waals surface area contributed by atoms with Crippen LogP contribution in [0.2, 0.25) is 0 Å². The van der Waals surface area contributed by atoms with Gasteiger partial charge >= 0.3 is 6.01 Å². The monoisotopic (exact) mass is 307 g/mol. The minimum Gasteiger partial charge on any atom is -0.424 e. The van der Waals surface area contributed by atoms with Crippen molar-refractivity contribution in [3.63, 3.8) is 0 Å². The van der Waals surface area contributed by atoms with Crippen LogP contribution in [-0.2, 0) is 0 Å². The van der Waals surface area contributed by atoms with E-state index in [1.54, 1.807) is 0 Å². The first-order valence-electron chi connectivity index (χ1n) is 7.26. The molecule has 0 spiro atoms. The molecule has 2 aromatic heterocycles. The highest BCUT2D eigenvalue weighted by atomic mass is 16.5. The molecule has 0 aliphatic heterocycles. The fraction of sp³-hybridized carbons (Fsp3) is 0.176. The molecule has 3 rings (SSSR count).